The van der Waals surface area contributed by atoms with E-state index in [-0.39, 0.29) is 12.2 Å². The molecule has 1 heterocycles. The highest BCUT2D eigenvalue weighted by Crippen LogP contribution is 2.48. The van der Waals surface area contributed by atoms with Gasteiger partial charge in [0.1, 0.15) is 0 Å². The second-order valence-corrected chi connectivity index (χ2v) is 6.61. The van der Waals surface area contributed by atoms with Gasteiger partial charge in [0.15, 0.2) is 0 Å². The molecule has 2 aliphatic carbocycles. The second kappa shape index (κ2) is 4.84. The topological polar surface area (TPSA) is 32.3 Å². The average molecular weight is 250 g/mol. The van der Waals surface area contributed by atoms with Gasteiger partial charge >= 0.3 is 0 Å². The first kappa shape index (κ1) is 12.5. The largest absolute Gasteiger partial charge is 0.326 e. The van der Waals surface area contributed by atoms with Crippen molar-refractivity contribution in [1.29, 1.82) is 0 Å². The molecule has 1 N–H and O–H groups in total. The third-order valence-corrected chi connectivity index (χ3v) is 5.38. The minimum absolute atomic E-state index is 0.0867. The molecular formula is C15H26N2O. The normalized spacial score (nSPS) is 43.1. The molecule has 1 saturated heterocycles. The Morgan fingerprint density at radius 2 is 2.17 bits per heavy atom. The number of carbonyl (C=O) groups excluding carboxylic acids is 1. The van der Waals surface area contributed by atoms with E-state index in [0.29, 0.717) is 5.91 Å². The maximum Gasteiger partial charge on any atom is 0.241 e. The molecule has 0 aromatic carbocycles. The number of carbonyl (C=O) groups is 1. The van der Waals surface area contributed by atoms with E-state index in [1.807, 2.05) is 0 Å². The molecule has 1 aliphatic heterocycles. The van der Waals surface area contributed by atoms with Gasteiger partial charge in [0.25, 0.3) is 0 Å². The quantitative estimate of drug-likeness (QED) is 0.831. The monoisotopic (exact) mass is 250 g/mol. The van der Waals surface area contributed by atoms with Crippen molar-refractivity contribution in [2.75, 3.05) is 6.54 Å². The van der Waals surface area contributed by atoms with Gasteiger partial charge in [-0.3, -0.25) is 10.1 Å². The summed E-state index contributed by atoms with van der Waals surface area (Å²) < 4.78 is 0. The van der Waals surface area contributed by atoms with Gasteiger partial charge in [0.2, 0.25) is 5.91 Å². The van der Waals surface area contributed by atoms with E-state index in [2.05, 4.69) is 24.1 Å². The molecule has 102 valence electrons. The maximum atomic E-state index is 12.4. The number of hydrogen-bond acceptors (Lipinski definition) is 2. The Morgan fingerprint density at radius 3 is 2.78 bits per heavy atom. The van der Waals surface area contributed by atoms with Crippen LogP contribution in [-0.4, -0.2) is 29.6 Å². The van der Waals surface area contributed by atoms with Crippen LogP contribution in [0.15, 0.2) is 0 Å². The smallest absolute Gasteiger partial charge is 0.241 e. The predicted molar refractivity (Wildman–Crippen MR) is 71.9 cm³/mol. The lowest BCUT2D eigenvalue weighted by Gasteiger charge is -2.29. The van der Waals surface area contributed by atoms with Crippen molar-refractivity contribution < 1.29 is 4.79 Å². The van der Waals surface area contributed by atoms with Crippen molar-refractivity contribution >= 4 is 5.91 Å². The lowest BCUT2D eigenvalue weighted by molar-refractivity contribution is -0.130. The highest BCUT2D eigenvalue weighted by molar-refractivity contribution is 5.84. The molecule has 3 nitrogen and oxygen atoms in total. The second-order valence-electron chi connectivity index (χ2n) is 6.61. The lowest BCUT2D eigenvalue weighted by atomic mass is 9.88. The molecule has 3 aliphatic rings. The highest BCUT2D eigenvalue weighted by atomic mass is 16.2. The Hall–Kier alpha value is -0.570. The van der Waals surface area contributed by atoms with E-state index in [0.717, 1.165) is 37.1 Å². The SMILES string of the molecule is CCCC1NC(C)N(CC2CC3CCC2C3)C1=O. The van der Waals surface area contributed by atoms with Crippen LogP contribution in [0, 0.1) is 17.8 Å². The molecule has 2 bridgehead atoms. The Balaban J connectivity index is 1.60. The summed E-state index contributed by atoms with van der Waals surface area (Å²) in [4.78, 5) is 14.5. The zero-order valence-corrected chi connectivity index (χ0v) is 11.7. The van der Waals surface area contributed by atoms with Crippen LogP contribution in [0.3, 0.4) is 0 Å². The minimum atomic E-state index is 0.0867. The molecule has 0 radical (unpaired) electrons. The van der Waals surface area contributed by atoms with Gasteiger partial charge in [0.05, 0.1) is 12.2 Å². The van der Waals surface area contributed by atoms with Gasteiger partial charge in [-0.1, -0.05) is 19.8 Å². The Labute approximate surface area is 110 Å². The number of hydrogen-bond donors (Lipinski definition) is 1. The lowest BCUT2D eigenvalue weighted by Crippen LogP contribution is -2.39. The average Bonchev–Trinajstić information content (AvgIpc) is 3.01. The van der Waals surface area contributed by atoms with E-state index in [1.165, 1.54) is 25.7 Å². The van der Waals surface area contributed by atoms with E-state index in [1.54, 1.807) is 0 Å². The number of nitrogens with zero attached hydrogens (tertiary/aromatic N) is 1. The molecule has 18 heavy (non-hydrogen) atoms. The van der Waals surface area contributed by atoms with Gasteiger partial charge in [-0.2, -0.15) is 0 Å². The van der Waals surface area contributed by atoms with Crippen molar-refractivity contribution in [2.45, 2.75) is 64.6 Å². The zero-order chi connectivity index (χ0) is 12.7. The summed E-state index contributed by atoms with van der Waals surface area (Å²) in [6.45, 7) is 5.30. The van der Waals surface area contributed by atoms with E-state index >= 15 is 0 Å². The number of nitrogens with one attached hydrogen (secondary N) is 1. The molecule has 0 aromatic heterocycles. The molecule has 0 spiro atoms. The third kappa shape index (κ3) is 2.07. The molecule has 3 fully saturated rings. The molecule has 5 atom stereocenters. The van der Waals surface area contributed by atoms with Crippen LogP contribution in [0.2, 0.25) is 0 Å². The standard InChI is InChI=1S/C15H26N2O/c1-3-4-14-15(18)17(10(2)16-14)9-13-8-11-5-6-12(13)7-11/h10-14,16H,3-9H2,1-2H3. The Kier molecular flexibility index (Phi) is 3.35. The van der Waals surface area contributed by atoms with Crippen molar-refractivity contribution in [1.82, 2.24) is 10.2 Å². The fraction of sp³-hybridized carbons (Fsp3) is 0.933. The van der Waals surface area contributed by atoms with Crippen molar-refractivity contribution in [2.24, 2.45) is 17.8 Å². The molecule has 2 saturated carbocycles. The maximum absolute atomic E-state index is 12.4. The van der Waals surface area contributed by atoms with Crippen LogP contribution in [-0.2, 0) is 4.79 Å². The van der Waals surface area contributed by atoms with Crippen LogP contribution in [0.25, 0.3) is 0 Å². The van der Waals surface area contributed by atoms with Crippen LogP contribution in [0.5, 0.6) is 0 Å². The van der Waals surface area contributed by atoms with Gasteiger partial charge in [-0.25, -0.2) is 0 Å². The fourth-order valence-electron chi connectivity index (χ4n) is 4.44. The third-order valence-electron chi connectivity index (χ3n) is 5.38. The highest BCUT2D eigenvalue weighted by Gasteiger charge is 2.43. The van der Waals surface area contributed by atoms with Crippen LogP contribution in [0.4, 0.5) is 0 Å². The summed E-state index contributed by atoms with van der Waals surface area (Å²) in [5, 5.41) is 3.45. The summed E-state index contributed by atoms with van der Waals surface area (Å²) in [7, 11) is 0. The van der Waals surface area contributed by atoms with Crippen molar-refractivity contribution in [3.05, 3.63) is 0 Å². The Morgan fingerprint density at radius 1 is 1.33 bits per heavy atom. The molecular weight excluding hydrogens is 224 g/mol. The van der Waals surface area contributed by atoms with Crippen LogP contribution < -0.4 is 5.32 Å². The zero-order valence-electron chi connectivity index (χ0n) is 11.7. The number of fused-ring (bicyclic) bond motifs is 2. The Bertz CT molecular complexity index is 330. The summed E-state index contributed by atoms with van der Waals surface area (Å²) in [6, 6.07) is 0.0867. The van der Waals surface area contributed by atoms with Gasteiger partial charge in [-0.05, 0) is 50.4 Å². The van der Waals surface area contributed by atoms with Crippen LogP contribution in [0.1, 0.15) is 52.4 Å². The molecule has 3 rings (SSSR count). The van der Waals surface area contributed by atoms with Crippen LogP contribution >= 0.6 is 0 Å². The van der Waals surface area contributed by atoms with Crippen molar-refractivity contribution in [3.63, 3.8) is 0 Å². The van der Waals surface area contributed by atoms with E-state index < -0.39 is 0 Å². The number of amides is 1. The first-order valence-electron chi connectivity index (χ1n) is 7.75. The minimum Gasteiger partial charge on any atom is -0.326 e. The van der Waals surface area contributed by atoms with Gasteiger partial charge < -0.3 is 4.90 Å². The van der Waals surface area contributed by atoms with E-state index in [4.69, 9.17) is 0 Å². The fourth-order valence-corrected chi connectivity index (χ4v) is 4.44. The molecule has 1 amide bonds. The summed E-state index contributed by atoms with van der Waals surface area (Å²) in [5.74, 6) is 3.04. The van der Waals surface area contributed by atoms with Gasteiger partial charge in [-0.15, -0.1) is 0 Å². The molecule has 3 heteroatoms. The van der Waals surface area contributed by atoms with Crippen molar-refractivity contribution in [3.8, 4) is 0 Å². The summed E-state index contributed by atoms with van der Waals surface area (Å²) >= 11 is 0. The molecule has 5 unspecified atom stereocenters. The predicted octanol–water partition coefficient (Wildman–Crippen LogP) is 2.37. The number of rotatable bonds is 4. The first-order chi connectivity index (χ1) is 8.69. The molecule has 0 aromatic rings. The van der Waals surface area contributed by atoms with Gasteiger partial charge in [0, 0.05) is 6.54 Å². The van der Waals surface area contributed by atoms with E-state index in [9.17, 15) is 4.79 Å². The first-order valence-corrected chi connectivity index (χ1v) is 7.75. The summed E-state index contributed by atoms with van der Waals surface area (Å²) in [6.07, 6.45) is 7.98. The summed E-state index contributed by atoms with van der Waals surface area (Å²) in [5.41, 5.74) is 0.